The summed E-state index contributed by atoms with van der Waals surface area (Å²) < 4.78 is 70.1. The molecule has 0 radical (unpaired) electrons. The maximum atomic E-state index is 14.7. The normalized spacial score (nSPS) is 18.2. The number of pyridine rings is 2. The van der Waals surface area contributed by atoms with E-state index in [1.165, 1.54) is 38.1 Å². The average molecular weight is 637 g/mol. The van der Waals surface area contributed by atoms with Gasteiger partial charge in [-0.05, 0) is 94.1 Å². The molecule has 46 heavy (non-hydrogen) atoms. The summed E-state index contributed by atoms with van der Waals surface area (Å²) >= 11 is 0. The fourth-order valence-electron chi connectivity index (χ4n) is 5.50. The van der Waals surface area contributed by atoms with Crippen LogP contribution in [0.1, 0.15) is 64.1 Å². The molecule has 3 N–H and O–H groups in total. The number of nitrogens with zero attached hydrogens (tertiary/aromatic N) is 2. The van der Waals surface area contributed by atoms with Gasteiger partial charge in [-0.3, -0.25) is 9.59 Å². The molecular formula is C34H32F4N4O4. The summed E-state index contributed by atoms with van der Waals surface area (Å²) in [6.07, 6.45) is -3.12. The van der Waals surface area contributed by atoms with Gasteiger partial charge in [-0.2, -0.15) is 13.2 Å². The average Bonchev–Trinajstić information content (AvgIpc) is 3.74. The number of carbonyl (C=O) groups excluding carboxylic acids is 2. The van der Waals surface area contributed by atoms with E-state index in [0.717, 1.165) is 30.2 Å². The van der Waals surface area contributed by atoms with Crippen molar-refractivity contribution in [3.8, 4) is 22.8 Å². The number of amides is 2. The number of primary amides is 1. The Bertz CT molecular complexity index is 1910. The van der Waals surface area contributed by atoms with Crippen molar-refractivity contribution in [2.75, 3.05) is 13.2 Å². The van der Waals surface area contributed by atoms with Crippen LogP contribution in [-0.2, 0) is 10.2 Å². The van der Waals surface area contributed by atoms with Gasteiger partial charge in [0.2, 0.25) is 5.91 Å². The summed E-state index contributed by atoms with van der Waals surface area (Å²) in [5, 5.41) is 3.06. The van der Waals surface area contributed by atoms with Crippen LogP contribution in [0.25, 0.3) is 22.2 Å². The van der Waals surface area contributed by atoms with E-state index in [-0.39, 0.29) is 40.8 Å². The number of nitrogens with two attached hydrogens (primary N) is 1. The molecule has 1 aliphatic carbocycles. The lowest BCUT2D eigenvalue weighted by atomic mass is 9.82. The van der Waals surface area contributed by atoms with E-state index < -0.39 is 47.4 Å². The predicted molar refractivity (Wildman–Crippen MR) is 162 cm³/mol. The highest BCUT2D eigenvalue weighted by Crippen LogP contribution is 2.47. The Morgan fingerprint density at radius 3 is 2.48 bits per heavy atom. The molecule has 2 aliphatic rings. The molecule has 2 atom stereocenters. The quantitative estimate of drug-likeness (QED) is 0.226. The fraction of sp³-hybridized carbons (Fsp3) is 0.353. The van der Waals surface area contributed by atoms with Gasteiger partial charge >= 0.3 is 6.18 Å². The monoisotopic (exact) mass is 636 g/mol. The van der Waals surface area contributed by atoms with Crippen LogP contribution in [0.2, 0.25) is 0 Å². The largest absolute Gasteiger partial charge is 0.489 e. The number of rotatable bonds is 8. The third kappa shape index (κ3) is 5.72. The molecule has 8 nitrogen and oxygen atoms in total. The first-order chi connectivity index (χ1) is 21.7. The highest BCUT2D eigenvalue weighted by atomic mass is 19.4. The molecule has 1 aliphatic heterocycles. The molecule has 1 saturated carbocycles. The minimum atomic E-state index is -4.85. The summed E-state index contributed by atoms with van der Waals surface area (Å²) in [6, 6.07) is 10.1. The Kier molecular flexibility index (Phi) is 7.64. The van der Waals surface area contributed by atoms with Gasteiger partial charge in [-0.1, -0.05) is 0 Å². The summed E-state index contributed by atoms with van der Waals surface area (Å²) in [4.78, 5) is 34.9. The number of benzene rings is 2. The van der Waals surface area contributed by atoms with Crippen molar-refractivity contribution in [1.29, 1.82) is 0 Å². The van der Waals surface area contributed by atoms with Crippen LogP contribution in [0, 0.1) is 26.6 Å². The number of hydrogen-bond donors (Lipinski definition) is 2. The minimum Gasteiger partial charge on any atom is -0.489 e. The van der Waals surface area contributed by atoms with Gasteiger partial charge in [-0.25, -0.2) is 14.4 Å². The van der Waals surface area contributed by atoms with Crippen LogP contribution in [0.4, 0.5) is 17.6 Å². The van der Waals surface area contributed by atoms with E-state index in [9.17, 15) is 27.2 Å². The van der Waals surface area contributed by atoms with Crippen LogP contribution >= 0.6 is 0 Å². The van der Waals surface area contributed by atoms with Crippen molar-refractivity contribution in [2.24, 2.45) is 5.73 Å². The van der Waals surface area contributed by atoms with Crippen molar-refractivity contribution >= 4 is 22.7 Å². The lowest BCUT2D eigenvalue weighted by Crippen LogP contribution is -2.40. The first-order valence-corrected chi connectivity index (χ1v) is 14.8. The first kappa shape index (κ1) is 31.3. The third-order valence-corrected chi connectivity index (χ3v) is 8.69. The number of fused-ring (bicyclic) bond motifs is 2. The van der Waals surface area contributed by atoms with Gasteiger partial charge in [0, 0.05) is 34.3 Å². The van der Waals surface area contributed by atoms with Gasteiger partial charge in [0.25, 0.3) is 5.91 Å². The SMILES string of the molecule is Cc1cc(-c2nc([C@@H](CNC(=O)c3cc(OC4CC4)c4nc(C)c(C)cc4c3)C(F)(F)F)cc3c2OC[C@]3(C)C(N)=O)ccc1F. The molecule has 0 unspecified atom stereocenters. The van der Waals surface area contributed by atoms with Crippen molar-refractivity contribution in [3.63, 3.8) is 0 Å². The summed E-state index contributed by atoms with van der Waals surface area (Å²) in [5.41, 5.74) is 6.86. The van der Waals surface area contributed by atoms with E-state index >= 15 is 0 Å². The Labute approximate surface area is 262 Å². The zero-order chi connectivity index (χ0) is 33.1. The molecule has 12 heteroatoms. The van der Waals surface area contributed by atoms with Crippen molar-refractivity contribution < 1.29 is 36.6 Å². The van der Waals surface area contributed by atoms with Gasteiger partial charge < -0.3 is 20.5 Å². The third-order valence-electron chi connectivity index (χ3n) is 8.69. The van der Waals surface area contributed by atoms with E-state index in [1.54, 1.807) is 6.07 Å². The van der Waals surface area contributed by atoms with Crippen LogP contribution < -0.4 is 20.5 Å². The Hall–Kier alpha value is -4.74. The molecule has 3 heterocycles. The molecule has 1 fully saturated rings. The topological polar surface area (TPSA) is 116 Å². The van der Waals surface area contributed by atoms with Crippen LogP contribution in [0.15, 0.2) is 42.5 Å². The van der Waals surface area contributed by atoms with E-state index in [0.29, 0.717) is 22.2 Å². The molecule has 2 aromatic carbocycles. The summed E-state index contributed by atoms with van der Waals surface area (Å²) in [7, 11) is 0. The van der Waals surface area contributed by atoms with Gasteiger partial charge in [0.15, 0.2) is 0 Å². The van der Waals surface area contributed by atoms with Crippen molar-refractivity contribution in [1.82, 2.24) is 15.3 Å². The molecule has 240 valence electrons. The molecule has 4 aromatic rings. The molecule has 2 amide bonds. The van der Waals surface area contributed by atoms with Crippen LogP contribution in [0.3, 0.4) is 0 Å². The molecule has 0 saturated heterocycles. The second-order valence-electron chi connectivity index (χ2n) is 12.3. The standard InChI is InChI=1S/C34H32F4N4O4/c1-16-9-20-11-21(12-27(46-22-6-7-22)28(20)41-18(16)3)31(43)40-14-24(34(36,37)38)26-13-23-30(45-15-33(23,4)32(39)44)29(42-26)19-5-8-25(35)17(2)10-19/h5,8-13,22,24H,6-7,14-15H2,1-4H3,(H2,39,44)(H,40,43)/t24-,33+/m1/s1. The van der Waals surface area contributed by atoms with E-state index in [1.807, 2.05) is 19.9 Å². The number of alkyl halides is 3. The Morgan fingerprint density at radius 2 is 1.83 bits per heavy atom. The van der Waals surface area contributed by atoms with Gasteiger partial charge in [0.1, 0.15) is 46.5 Å². The maximum absolute atomic E-state index is 14.7. The molecular weight excluding hydrogens is 604 g/mol. The van der Waals surface area contributed by atoms with E-state index in [2.05, 4.69) is 15.3 Å². The predicted octanol–water partition coefficient (Wildman–Crippen LogP) is 6.11. The highest BCUT2D eigenvalue weighted by molar-refractivity contribution is 6.00. The van der Waals surface area contributed by atoms with Crippen molar-refractivity contribution in [3.05, 3.63) is 81.9 Å². The zero-order valence-electron chi connectivity index (χ0n) is 25.6. The fourth-order valence-corrected chi connectivity index (χ4v) is 5.50. The van der Waals surface area contributed by atoms with Gasteiger partial charge in [-0.15, -0.1) is 0 Å². The smallest absolute Gasteiger partial charge is 0.398 e. The van der Waals surface area contributed by atoms with Crippen molar-refractivity contribution in [2.45, 2.75) is 64.1 Å². The van der Waals surface area contributed by atoms with E-state index in [4.69, 9.17) is 15.2 Å². The number of ether oxygens (including phenoxy) is 2. The summed E-state index contributed by atoms with van der Waals surface area (Å²) in [6.45, 7) is 5.67. The summed E-state index contributed by atoms with van der Waals surface area (Å²) in [5.74, 6) is -3.81. The molecule has 6 rings (SSSR count). The van der Waals surface area contributed by atoms with Crippen LogP contribution in [-0.4, -0.2) is 47.2 Å². The Balaban J connectivity index is 1.38. The molecule has 2 aromatic heterocycles. The Morgan fingerprint density at radius 1 is 1.09 bits per heavy atom. The lowest BCUT2D eigenvalue weighted by Gasteiger charge is -2.24. The molecule has 0 spiro atoms. The number of aromatic nitrogens is 2. The highest BCUT2D eigenvalue weighted by Gasteiger charge is 2.47. The number of carbonyl (C=O) groups is 2. The molecule has 0 bridgehead atoms. The zero-order valence-corrected chi connectivity index (χ0v) is 25.6. The lowest BCUT2D eigenvalue weighted by molar-refractivity contribution is -0.149. The maximum Gasteiger partial charge on any atom is 0.398 e. The minimum absolute atomic E-state index is 0.000397. The number of hydrogen-bond acceptors (Lipinski definition) is 6. The second-order valence-corrected chi connectivity index (χ2v) is 12.3. The van der Waals surface area contributed by atoms with Gasteiger partial charge in [0.05, 0.1) is 11.8 Å². The number of halogens is 4. The number of aryl methyl sites for hydroxylation is 3. The second kappa shape index (κ2) is 11.3. The first-order valence-electron chi connectivity index (χ1n) is 14.8. The number of nitrogens with one attached hydrogen (secondary N) is 1. The van der Waals surface area contributed by atoms with Crippen LogP contribution in [0.5, 0.6) is 11.5 Å².